The van der Waals surface area contributed by atoms with Crippen molar-refractivity contribution in [2.24, 2.45) is 0 Å². The van der Waals surface area contributed by atoms with Gasteiger partial charge in [-0.1, -0.05) is 0 Å². The number of amides is 1. The largest absolute Gasteiger partial charge is 0.461 e. The molecule has 4 heterocycles. The first-order valence-corrected chi connectivity index (χ1v) is 8.45. The fourth-order valence-electron chi connectivity index (χ4n) is 3.26. The van der Waals surface area contributed by atoms with Gasteiger partial charge in [0, 0.05) is 24.9 Å². The summed E-state index contributed by atoms with van der Waals surface area (Å²) < 4.78 is 18.1. The zero-order valence-electron chi connectivity index (χ0n) is 13.8. The third-order valence-electron chi connectivity index (χ3n) is 4.61. The van der Waals surface area contributed by atoms with Crippen LogP contribution in [0.15, 0.2) is 41.0 Å². The summed E-state index contributed by atoms with van der Waals surface area (Å²) in [4.78, 5) is 16.2. The fourth-order valence-corrected chi connectivity index (χ4v) is 3.26. The molecule has 8 nitrogen and oxygen atoms in total. The first-order valence-electron chi connectivity index (χ1n) is 8.45. The first kappa shape index (κ1) is 15.0. The van der Waals surface area contributed by atoms with Crippen molar-refractivity contribution in [3.63, 3.8) is 0 Å². The Morgan fingerprint density at radius 3 is 2.92 bits per heavy atom. The van der Waals surface area contributed by atoms with Gasteiger partial charge in [-0.2, -0.15) is 0 Å². The SMILES string of the molecule is O=C1CCC(c2nc(-c3ccco3)nn2-c2ccc3c(c2)OCO3)CN1. The Labute approximate surface area is 148 Å². The van der Waals surface area contributed by atoms with Gasteiger partial charge in [-0.25, -0.2) is 9.67 Å². The van der Waals surface area contributed by atoms with Crippen LogP contribution in [0.2, 0.25) is 0 Å². The Kier molecular flexibility index (Phi) is 3.41. The standard InChI is InChI=1S/C18H16N4O4/c23-16-6-3-11(9-19-16)18-20-17(14-2-1-7-24-14)21-22(18)12-4-5-13-15(8-12)26-10-25-13/h1-2,4-5,7-8,11H,3,6,9-10H2,(H,19,23). The Morgan fingerprint density at radius 2 is 2.12 bits per heavy atom. The normalized spacial score (nSPS) is 18.8. The van der Waals surface area contributed by atoms with Crippen LogP contribution in [0.1, 0.15) is 24.6 Å². The van der Waals surface area contributed by atoms with E-state index in [-0.39, 0.29) is 18.6 Å². The van der Waals surface area contributed by atoms with Gasteiger partial charge in [-0.15, -0.1) is 5.10 Å². The number of piperidine rings is 1. The number of benzene rings is 1. The number of fused-ring (bicyclic) bond motifs is 1. The van der Waals surface area contributed by atoms with E-state index in [4.69, 9.17) is 18.9 Å². The second kappa shape index (κ2) is 5.91. The molecular weight excluding hydrogens is 336 g/mol. The van der Waals surface area contributed by atoms with Crippen molar-refractivity contribution in [1.82, 2.24) is 20.1 Å². The van der Waals surface area contributed by atoms with Gasteiger partial charge in [0.05, 0.1) is 12.0 Å². The lowest BCUT2D eigenvalue weighted by molar-refractivity contribution is -0.122. The second-order valence-electron chi connectivity index (χ2n) is 6.26. The van der Waals surface area contributed by atoms with Crippen molar-refractivity contribution in [1.29, 1.82) is 0 Å². The van der Waals surface area contributed by atoms with Crippen LogP contribution in [0.5, 0.6) is 11.5 Å². The lowest BCUT2D eigenvalue weighted by atomic mass is 9.98. The van der Waals surface area contributed by atoms with Crippen LogP contribution in [0, 0.1) is 0 Å². The zero-order valence-corrected chi connectivity index (χ0v) is 13.8. The maximum Gasteiger partial charge on any atom is 0.231 e. The predicted octanol–water partition coefficient (Wildman–Crippen LogP) is 2.25. The second-order valence-corrected chi connectivity index (χ2v) is 6.26. The average Bonchev–Trinajstić information content (AvgIpc) is 3.40. The van der Waals surface area contributed by atoms with Crippen molar-refractivity contribution in [3.05, 3.63) is 42.4 Å². The maximum absolute atomic E-state index is 11.5. The summed E-state index contributed by atoms with van der Waals surface area (Å²) in [6.07, 6.45) is 2.80. The molecule has 0 bridgehead atoms. The van der Waals surface area contributed by atoms with Crippen molar-refractivity contribution < 1.29 is 18.7 Å². The molecule has 1 amide bonds. The van der Waals surface area contributed by atoms with Crippen molar-refractivity contribution in [2.75, 3.05) is 13.3 Å². The lowest BCUT2D eigenvalue weighted by Gasteiger charge is -2.22. The molecule has 1 saturated heterocycles. The first-order chi connectivity index (χ1) is 12.8. The summed E-state index contributed by atoms with van der Waals surface area (Å²) in [6, 6.07) is 9.29. The van der Waals surface area contributed by atoms with E-state index in [1.165, 1.54) is 0 Å². The zero-order chi connectivity index (χ0) is 17.5. The van der Waals surface area contributed by atoms with Crippen LogP contribution < -0.4 is 14.8 Å². The monoisotopic (exact) mass is 352 g/mol. The van der Waals surface area contributed by atoms with Crippen LogP contribution in [0.25, 0.3) is 17.3 Å². The summed E-state index contributed by atoms with van der Waals surface area (Å²) in [5.74, 6) is 3.45. The molecule has 8 heteroatoms. The maximum atomic E-state index is 11.5. The number of hydrogen-bond acceptors (Lipinski definition) is 6. The highest BCUT2D eigenvalue weighted by Gasteiger charge is 2.27. The Balaban J connectivity index is 1.59. The number of aromatic nitrogens is 3. The number of rotatable bonds is 3. The summed E-state index contributed by atoms with van der Waals surface area (Å²) in [5.41, 5.74) is 0.825. The molecule has 1 N–H and O–H groups in total. The summed E-state index contributed by atoms with van der Waals surface area (Å²) in [7, 11) is 0. The molecule has 0 spiro atoms. The molecule has 2 aliphatic heterocycles. The van der Waals surface area contributed by atoms with Crippen LogP contribution in [0.3, 0.4) is 0 Å². The molecule has 1 fully saturated rings. The third-order valence-corrected chi connectivity index (χ3v) is 4.61. The number of carbonyl (C=O) groups is 1. The fraction of sp³-hybridized carbons (Fsp3) is 0.278. The number of nitrogens with one attached hydrogen (secondary N) is 1. The average molecular weight is 352 g/mol. The summed E-state index contributed by atoms with van der Waals surface area (Å²) >= 11 is 0. The van der Waals surface area contributed by atoms with Gasteiger partial charge >= 0.3 is 0 Å². The van der Waals surface area contributed by atoms with E-state index in [9.17, 15) is 4.79 Å². The molecule has 2 aliphatic rings. The van der Waals surface area contributed by atoms with E-state index < -0.39 is 0 Å². The Morgan fingerprint density at radius 1 is 1.19 bits per heavy atom. The molecule has 3 aromatic rings. The minimum Gasteiger partial charge on any atom is -0.461 e. The number of carbonyl (C=O) groups excluding carboxylic acids is 1. The number of nitrogens with zero attached hydrogens (tertiary/aromatic N) is 3. The molecule has 0 saturated carbocycles. The van der Waals surface area contributed by atoms with Crippen LogP contribution >= 0.6 is 0 Å². The summed E-state index contributed by atoms with van der Waals surface area (Å²) in [5, 5.41) is 7.55. The molecule has 1 aromatic carbocycles. The molecule has 132 valence electrons. The van der Waals surface area contributed by atoms with E-state index in [0.717, 1.165) is 17.9 Å². The smallest absolute Gasteiger partial charge is 0.231 e. The van der Waals surface area contributed by atoms with Gasteiger partial charge in [0.2, 0.25) is 18.5 Å². The number of hydrogen-bond donors (Lipinski definition) is 1. The van der Waals surface area contributed by atoms with Crippen LogP contribution in [-0.2, 0) is 4.79 Å². The minimum absolute atomic E-state index is 0.0710. The Hall–Kier alpha value is -3.29. The van der Waals surface area contributed by atoms with E-state index in [1.54, 1.807) is 17.0 Å². The predicted molar refractivity (Wildman–Crippen MR) is 90.2 cm³/mol. The highest BCUT2D eigenvalue weighted by atomic mass is 16.7. The highest BCUT2D eigenvalue weighted by molar-refractivity contribution is 5.76. The molecule has 2 aromatic heterocycles. The molecule has 1 unspecified atom stereocenters. The Bertz CT molecular complexity index is 954. The molecular formula is C18H16N4O4. The molecule has 0 radical (unpaired) electrons. The van der Waals surface area contributed by atoms with Gasteiger partial charge in [-0.05, 0) is 30.7 Å². The van der Waals surface area contributed by atoms with E-state index in [0.29, 0.717) is 36.0 Å². The quantitative estimate of drug-likeness (QED) is 0.777. The van der Waals surface area contributed by atoms with Crippen molar-refractivity contribution >= 4 is 5.91 Å². The summed E-state index contributed by atoms with van der Waals surface area (Å²) in [6.45, 7) is 0.759. The van der Waals surface area contributed by atoms with Gasteiger partial charge in [0.25, 0.3) is 0 Å². The van der Waals surface area contributed by atoms with E-state index in [2.05, 4.69) is 10.4 Å². The van der Waals surface area contributed by atoms with Gasteiger partial charge in [0.1, 0.15) is 5.82 Å². The third kappa shape index (κ3) is 2.50. The molecule has 26 heavy (non-hydrogen) atoms. The van der Waals surface area contributed by atoms with Gasteiger partial charge < -0.3 is 19.2 Å². The highest BCUT2D eigenvalue weighted by Crippen LogP contribution is 2.35. The molecule has 0 aliphatic carbocycles. The van der Waals surface area contributed by atoms with Gasteiger partial charge in [0.15, 0.2) is 17.3 Å². The van der Waals surface area contributed by atoms with E-state index in [1.807, 2.05) is 24.3 Å². The van der Waals surface area contributed by atoms with E-state index >= 15 is 0 Å². The molecule has 5 rings (SSSR count). The van der Waals surface area contributed by atoms with Crippen LogP contribution in [-0.4, -0.2) is 34.0 Å². The topological polar surface area (TPSA) is 91.4 Å². The molecule has 1 atom stereocenters. The van der Waals surface area contributed by atoms with Crippen molar-refractivity contribution in [2.45, 2.75) is 18.8 Å². The lowest BCUT2D eigenvalue weighted by Crippen LogP contribution is -2.34. The van der Waals surface area contributed by atoms with Gasteiger partial charge in [-0.3, -0.25) is 4.79 Å². The van der Waals surface area contributed by atoms with Crippen molar-refractivity contribution in [3.8, 4) is 28.8 Å². The van der Waals surface area contributed by atoms with Crippen LogP contribution in [0.4, 0.5) is 0 Å². The number of furan rings is 1. The number of ether oxygens (including phenoxy) is 2. The minimum atomic E-state index is 0.0710.